The van der Waals surface area contributed by atoms with Crippen molar-refractivity contribution in [1.29, 1.82) is 0 Å². The van der Waals surface area contributed by atoms with Crippen LogP contribution in [0.2, 0.25) is 0 Å². The summed E-state index contributed by atoms with van der Waals surface area (Å²) in [6, 6.07) is 0. The standard InChI is InChI=1S/C13H19N5O3/c1-6(2)9-8(14)10(17-16-9)11(20)18-5-7(19)15-12(21)13(18,3)4/h6H,5,14H2,1-4H3,(H,16,17)(H,15,19,21). The van der Waals surface area contributed by atoms with Crippen LogP contribution < -0.4 is 11.1 Å². The number of anilines is 1. The van der Waals surface area contributed by atoms with Crippen molar-refractivity contribution in [2.75, 3.05) is 12.3 Å². The fraction of sp³-hybridized carbons (Fsp3) is 0.538. The van der Waals surface area contributed by atoms with Crippen molar-refractivity contribution in [1.82, 2.24) is 20.4 Å². The average molecular weight is 293 g/mol. The van der Waals surface area contributed by atoms with Crippen LogP contribution in [0, 0.1) is 0 Å². The number of H-pyrrole nitrogens is 1. The van der Waals surface area contributed by atoms with E-state index in [1.54, 1.807) is 13.8 Å². The zero-order valence-electron chi connectivity index (χ0n) is 12.5. The van der Waals surface area contributed by atoms with Crippen LogP contribution in [0.4, 0.5) is 5.69 Å². The lowest BCUT2D eigenvalue weighted by molar-refractivity contribution is -0.143. The first-order valence-corrected chi connectivity index (χ1v) is 6.66. The minimum absolute atomic E-state index is 0.0364. The molecule has 1 aromatic heterocycles. The number of hydrogen-bond acceptors (Lipinski definition) is 5. The van der Waals surface area contributed by atoms with Crippen molar-refractivity contribution in [3.05, 3.63) is 11.4 Å². The largest absolute Gasteiger partial charge is 0.395 e. The van der Waals surface area contributed by atoms with Crippen LogP contribution in [0.15, 0.2) is 0 Å². The van der Waals surface area contributed by atoms with Crippen LogP contribution in [0.5, 0.6) is 0 Å². The number of nitrogens with zero attached hydrogens (tertiary/aromatic N) is 2. The molecule has 0 radical (unpaired) electrons. The topological polar surface area (TPSA) is 121 Å². The number of nitrogen functional groups attached to an aromatic ring is 1. The smallest absolute Gasteiger partial charge is 0.277 e. The number of hydrogen-bond donors (Lipinski definition) is 3. The van der Waals surface area contributed by atoms with Crippen molar-refractivity contribution in [2.45, 2.75) is 39.2 Å². The van der Waals surface area contributed by atoms with Gasteiger partial charge in [0.1, 0.15) is 12.1 Å². The van der Waals surface area contributed by atoms with Crippen LogP contribution >= 0.6 is 0 Å². The Labute approximate surface area is 122 Å². The van der Waals surface area contributed by atoms with Gasteiger partial charge in [-0.3, -0.25) is 24.8 Å². The minimum atomic E-state index is -1.14. The minimum Gasteiger partial charge on any atom is -0.395 e. The molecule has 21 heavy (non-hydrogen) atoms. The van der Waals surface area contributed by atoms with Gasteiger partial charge in [0.15, 0.2) is 5.69 Å². The summed E-state index contributed by atoms with van der Waals surface area (Å²) in [6.45, 7) is 6.76. The SMILES string of the molecule is CC(C)c1[nH]nc(C(=O)N2CC(=O)NC(=O)C2(C)C)c1N. The van der Waals surface area contributed by atoms with E-state index in [1.165, 1.54) is 4.90 Å². The maximum atomic E-state index is 12.6. The molecular formula is C13H19N5O3. The molecule has 1 aliphatic heterocycles. The van der Waals surface area contributed by atoms with Gasteiger partial charge in [-0.25, -0.2) is 0 Å². The molecule has 114 valence electrons. The number of piperazine rings is 1. The lowest BCUT2D eigenvalue weighted by Crippen LogP contribution is -2.65. The lowest BCUT2D eigenvalue weighted by Gasteiger charge is -2.39. The Kier molecular flexibility index (Phi) is 3.48. The molecule has 1 fully saturated rings. The molecule has 0 saturated carbocycles. The van der Waals surface area contributed by atoms with Crippen LogP contribution in [-0.4, -0.2) is 44.9 Å². The number of aromatic amines is 1. The molecule has 1 saturated heterocycles. The van der Waals surface area contributed by atoms with E-state index >= 15 is 0 Å². The van der Waals surface area contributed by atoms with Crippen LogP contribution in [0.1, 0.15) is 49.8 Å². The quantitative estimate of drug-likeness (QED) is 0.662. The van der Waals surface area contributed by atoms with Crippen LogP contribution in [0.25, 0.3) is 0 Å². The number of carbonyl (C=O) groups excluding carboxylic acids is 3. The Balaban J connectivity index is 2.39. The highest BCUT2D eigenvalue weighted by Crippen LogP contribution is 2.26. The summed E-state index contributed by atoms with van der Waals surface area (Å²) in [6.07, 6.45) is 0. The molecule has 2 heterocycles. The number of aromatic nitrogens is 2. The molecule has 2 rings (SSSR count). The van der Waals surface area contributed by atoms with Gasteiger partial charge >= 0.3 is 0 Å². The number of imide groups is 1. The van der Waals surface area contributed by atoms with Crippen LogP contribution in [-0.2, 0) is 9.59 Å². The highest BCUT2D eigenvalue weighted by atomic mass is 16.2. The third kappa shape index (κ3) is 2.37. The molecule has 0 atom stereocenters. The van der Waals surface area contributed by atoms with E-state index in [1.807, 2.05) is 13.8 Å². The molecular weight excluding hydrogens is 274 g/mol. The number of amides is 3. The van der Waals surface area contributed by atoms with E-state index in [-0.39, 0.29) is 23.8 Å². The molecule has 8 nitrogen and oxygen atoms in total. The zero-order valence-corrected chi connectivity index (χ0v) is 12.5. The van der Waals surface area contributed by atoms with Crippen molar-refractivity contribution in [3.8, 4) is 0 Å². The fourth-order valence-electron chi connectivity index (χ4n) is 2.20. The normalized spacial score (nSPS) is 18.0. The first-order valence-electron chi connectivity index (χ1n) is 6.66. The molecule has 0 aromatic carbocycles. The highest BCUT2D eigenvalue weighted by Gasteiger charge is 2.44. The summed E-state index contributed by atoms with van der Waals surface area (Å²) >= 11 is 0. The molecule has 3 amide bonds. The maximum Gasteiger partial charge on any atom is 0.277 e. The van der Waals surface area contributed by atoms with E-state index in [2.05, 4.69) is 15.5 Å². The van der Waals surface area contributed by atoms with Crippen molar-refractivity contribution < 1.29 is 14.4 Å². The summed E-state index contributed by atoms with van der Waals surface area (Å²) in [5.41, 5.74) is 5.75. The molecule has 1 aliphatic rings. The Morgan fingerprint density at radius 3 is 2.52 bits per heavy atom. The third-order valence-electron chi connectivity index (χ3n) is 3.64. The number of carbonyl (C=O) groups is 3. The van der Waals surface area contributed by atoms with Gasteiger partial charge in [-0.15, -0.1) is 0 Å². The molecule has 8 heteroatoms. The monoisotopic (exact) mass is 293 g/mol. The second-order valence-corrected chi connectivity index (χ2v) is 5.88. The Hall–Kier alpha value is -2.38. The fourth-order valence-corrected chi connectivity index (χ4v) is 2.20. The molecule has 0 spiro atoms. The summed E-state index contributed by atoms with van der Waals surface area (Å²) in [5, 5.41) is 8.89. The zero-order chi connectivity index (χ0) is 15.9. The van der Waals surface area contributed by atoms with Gasteiger partial charge in [0.25, 0.3) is 11.8 Å². The van der Waals surface area contributed by atoms with Crippen molar-refractivity contribution in [2.24, 2.45) is 0 Å². The lowest BCUT2D eigenvalue weighted by atomic mass is 9.97. The van der Waals surface area contributed by atoms with Gasteiger partial charge in [0.05, 0.1) is 11.4 Å². The first kappa shape index (κ1) is 15.0. The molecule has 0 aliphatic carbocycles. The van der Waals surface area contributed by atoms with E-state index < -0.39 is 23.3 Å². The predicted octanol–water partition coefficient (Wildman–Crippen LogP) is -0.00750. The van der Waals surface area contributed by atoms with E-state index in [0.29, 0.717) is 5.69 Å². The van der Waals surface area contributed by atoms with Gasteiger partial charge < -0.3 is 10.6 Å². The predicted molar refractivity (Wildman–Crippen MR) is 75.4 cm³/mol. The Bertz CT molecular complexity index is 617. The molecule has 1 aromatic rings. The number of rotatable bonds is 2. The van der Waals surface area contributed by atoms with Gasteiger partial charge in [0.2, 0.25) is 5.91 Å². The van der Waals surface area contributed by atoms with Gasteiger partial charge in [-0.2, -0.15) is 5.10 Å². The first-order chi connectivity index (χ1) is 9.66. The van der Waals surface area contributed by atoms with E-state index in [4.69, 9.17) is 5.73 Å². The average Bonchev–Trinajstić information content (AvgIpc) is 2.75. The summed E-state index contributed by atoms with van der Waals surface area (Å²) in [4.78, 5) is 37.2. The van der Waals surface area contributed by atoms with Crippen molar-refractivity contribution >= 4 is 23.4 Å². The number of nitrogens with one attached hydrogen (secondary N) is 2. The van der Waals surface area contributed by atoms with E-state index in [0.717, 1.165) is 0 Å². The summed E-state index contributed by atoms with van der Waals surface area (Å²) < 4.78 is 0. The Morgan fingerprint density at radius 1 is 1.38 bits per heavy atom. The molecule has 4 N–H and O–H groups in total. The maximum absolute atomic E-state index is 12.6. The highest BCUT2D eigenvalue weighted by molar-refractivity contribution is 6.09. The second-order valence-electron chi connectivity index (χ2n) is 5.88. The third-order valence-corrected chi connectivity index (χ3v) is 3.64. The number of nitrogens with two attached hydrogens (primary N) is 1. The Morgan fingerprint density at radius 2 is 2.00 bits per heavy atom. The second kappa shape index (κ2) is 4.87. The van der Waals surface area contributed by atoms with Gasteiger partial charge in [0, 0.05) is 0 Å². The van der Waals surface area contributed by atoms with Crippen molar-refractivity contribution in [3.63, 3.8) is 0 Å². The molecule has 0 unspecified atom stereocenters. The molecule has 0 bridgehead atoms. The van der Waals surface area contributed by atoms with Gasteiger partial charge in [-0.1, -0.05) is 13.8 Å². The summed E-state index contributed by atoms with van der Waals surface area (Å²) in [5.74, 6) is -1.50. The van der Waals surface area contributed by atoms with Crippen LogP contribution in [0.3, 0.4) is 0 Å². The summed E-state index contributed by atoms with van der Waals surface area (Å²) in [7, 11) is 0. The van der Waals surface area contributed by atoms with E-state index in [9.17, 15) is 14.4 Å². The van der Waals surface area contributed by atoms with Gasteiger partial charge in [-0.05, 0) is 19.8 Å².